The van der Waals surface area contributed by atoms with Gasteiger partial charge in [-0.1, -0.05) is 471 Å². The third-order valence-electron chi connectivity index (χ3n) is 22.9. The van der Waals surface area contributed by atoms with Crippen LogP contribution in [0.3, 0.4) is 0 Å². The zero-order valence-electron chi connectivity index (χ0n) is 75.2. The maximum atomic E-state index is 13.2. The van der Waals surface area contributed by atoms with Gasteiger partial charge in [-0.2, -0.15) is 0 Å². The van der Waals surface area contributed by atoms with Gasteiger partial charge in [-0.05, 0) is 31.6 Å². The van der Waals surface area contributed by atoms with E-state index in [2.05, 4.69) is 34.6 Å². The van der Waals surface area contributed by atoms with Crippen LogP contribution < -0.4 is 0 Å². The summed E-state index contributed by atoms with van der Waals surface area (Å²) in [5, 5.41) is 10.7. The van der Waals surface area contributed by atoms with Crippen molar-refractivity contribution in [2.24, 2.45) is 5.92 Å². The lowest BCUT2D eigenvalue weighted by atomic mass is 9.99. The van der Waals surface area contributed by atoms with Crippen LogP contribution in [0.25, 0.3) is 0 Å². The van der Waals surface area contributed by atoms with Crippen LogP contribution in [0.4, 0.5) is 0 Å². The van der Waals surface area contributed by atoms with E-state index in [1.807, 2.05) is 0 Å². The number of hydrogen-bond acceptors (Lipinski definition) is 15. The van der Waals surface area contributed by atoms with Crippen LogP contribution in [0.15, 0.2) is 0 Å². The van der Waals surface area contributed by atoms with Crippen molar-refractivity contribution in [1.29, 1.82) is 0 Å². The topological polar surface area (TPSA) is 237 Å². The van der Waals surface area contributed by atoms with Gasteiger partial charge in [-0.3, -0.25) is 37.3 Å². The molecule has 0 aromatic rings. The summed E-state index contributed by atoms with van der Waals surface area (Å²) in [4.78, 5) is 73.6. The molecule has 17 nitrogen and oxygen atoms in total. The number of rotatable bonds is 95. The van der Waals surface area contributed by atoms with E-state index in [1.165, 1.54) is 347 Å². The molecule has 0 aromatic carbocycles. The van der Waals surface area contributed by atoms with Crippen molar-refractivity contribution in [3.8, 4) is 0 Å². The van der Waals surface area contributed by atoms with Gasteiger partial charge < -0.3 is 33.8 Å². The minimum atomic E-state index is -4.97. The Kier molecular flexibility index (Phi) is 85.9. The molecule has 0 aliphatic carbocycles. The molecule has 0 aliphatic heterocycles. The highest BCUT2D eigenvalue weighted by Crippen LogP contribution is 2.45. The van der Waals surface area contributed by atoms with Crippen molar-refractivity contribution in [1.82, 2.24) is 0 Å². The molecule has 114 heavy (non-hydrogen) atoms. The number of hydrogen-bond donors (Lipinski definition) is 3. The fourth-order valence-corrected chi connectivity index (χ4v) is 16.6. The maximum absolute atomic E-state index is 13.2. The van der Waals surface area contributed by atoms with E-state index < -0.39 is 97.5 Å². The van der Waals surface area contributed by atoms with Gasteiger partial charge in [0.2, 0.25) is 0 Å². The third-order valence-corrected chi connectivity index (χ3v) is 24.8. The molecule has 3 unspecified atom stereocenters. The SMILES string of the molecule is CCCCCCCCCCCCCCCCCCCCCCCCC(=O)OC[C@H](COP(=O)(O)OC[C@@H](O)COP(=O)(O)OC[C@@H](COC(=O)CCCCCCCCCCCCCC)OC(=O)CCCCCCCCCCCCCCCCC(C)CC)OC(=O)CCCCCCCCCCCCCCCCCCCCCCCC. The van der Waals surface area contributed by atoms with Crippen molar-refractivity contribution >= 4 is 39.5 Å². The van der Waals surface area contributed by atoms with E-state index in [9.17, 15) is 43.2 Å². The molecule has 0 amide bonds. The molecule has 0 saturated carbocycles. The van der Waals surface area contributed by atoms with Gasteiger partial charge in [-0.25, -0.2) is 9.13 Å². The summed E-state index contributed by atoms with van der Waals surface area (Å²) in [6.45, 7) is 7.47. The highest BCUT2D eigenvalue weighted by atomic mass is 31.2. The maximum Gasteiger partial charge on any atom is 0.472 e. The van der Waals surface area contributed by atoms with E-state index in [4.69, 9.17) is 37.0 Å². The number of unbranched alkanes of at least 4 members (excludes halogenated alkanes) is 66. The number of aliphatic hydroxyl groups is 1. The Bertz CT molecular complexity index is 2150. The van der Waals surface area contributed by atoms with Crippen molar-refractivity contribution in [2.75, 3.05) is 39.6 Å². The quantitative estimate of drug-likeness (QED) is 0.0222. The Hall–Kier alpha value is -1.94. The Balaban J connectivity index is 5.23. The molecular formula is C95H186O17P2. The van der Waals surface area contributed by atoms with Crippen molar-refractivity contribution in [3.63, 3.8) is 0 Å². The Morgan fingerprint density at radius 3 is 0.623 bits per heavy atom. The molecular weight excluding hydrogens is 1470 g/mol. The lowest BCUT2D eigenvalue weighted by Crippen LogP contribution is -2.30. The highest BCUT2D eigenvalue weighted by Gasteiger charge is 2.31. The molecule has 0 rings (SSSR count). The zero-order chi connectivity index (χ0) is 83.3. The van der Waals surface area contributed by atoms with E-state index >= 15 is 0 Å². The lowest BCUT2D eigenvalue weighted by molar-refractivity contribution is -0.161. The van der Waals surface area contributed by atoms with Gasteiger partial charge in [0.15, 0.2) is 12.2 Å². The fourth-order valence-electron chi connectivity index (χ4n) is 15.0. The summed E-state index contributed by atoms with van der Waals surface area (Å²) in [6.07, 6.45) is 84.9. The van der Waals surface area contributed by atoms with Gasteiger partial charge in [0.1, 0.15) is 19.3 Å². The number of carbonyl (C=O) groups is 4. The molecule has 0 aliphatic rings. The fraction of sp³-hybridized carbons (Fsp3) is 0.958. The summed E-state index contributed by atoms with van der Waals surface area (Å²) in [7, 11) is -9.94. The summed E-state index contributed by atoms with van der Waals surface area (Å²) in [5.41, 5.74) is 0. The smallest absolute Gasteiger partial charge is 0.462 e. The molecule has 0 saturated heterocycles. The monoisotopic (exact) mass is 1660 g/mol. The minimum Gasteiger partial charge on any atom is -0.462 e. The molecule has 6 atom stereocenters. The molecule has 0 aromatic heterocycles. The second kappa shape index (κ2) is 87.4. The van der Waals surface area contributed by atoms with Gasteiger partial charge >= 0.3 is 39.5 Å². The molecule has 0 spiro atoms. The largest absolute Gasteiger partial charge is 0.472 e. The third kappa shape index (κ3) is 86.4. The van der Waals surface area contributed by atoms with Crippen LogP contribution in [0.5, 0.6) is 0 Å². The van der Waals surface area contributed by atoms with Crippen molar-refractivity contribution in [2.45, 2.75) is 541 Å². The molecule has 19 heteroatoms. The number of ether oxygens (including phenoxy) is 4. The van der Waals surface area contributed by atoms with Crippen LogP contribution in [-0.4, -0.2) is 96.7 Å². The predicted molar refractivity (Wildman–Crippen MR) is 474 cm³/mol. The first-order chi connectivity index (χ1) is 55.6. The molecule has 0 bridgehead atoms. The molecule has 678 valence electrons. The zero-order valence-corrected chi connectivity index (χ0v) is 77.0. The number of phosphoric acid groups is 2. The number of carbonyl (C=O) groups excluding carboxylic acids is 4. The average Bonchev–Trinajstić information content (AvgIpc) is 0.892. The van der Waals surface area contributed by atoms with E-state index in [0.717, 1.165) is 95.8 Å². The van der Waals surface area contributed by atoms with E-state index in [1.54, 1.807) is 0 Å². The molecule has 3 N–H and O–H groups in total. The number of aliphatic hydroxyl groups excluding tert-OH is 1. The van der Waals surface area contributed by atoms with Gasteiger partial charge in [0.25, 0.3) is 0 Å². The van der Waals surface area contributed by atoms with Gasteiger partial charge in [0, 0.05) is 25.7 Å². The van der Waals surface area contributed by atoms with Crippen LogP contribution in [0.1, 0.15) is 523 Å². The van der Waals surface area contributed by atoms with Crippen molar-refractivity contribution in [3.05, 3.63) is 0 Å². The van der Waals surface area contributed by atoms with Crippen LogP contribution in [-0.2, 0) is 65.4 Å². The summed E-state index contributed by atoms with van der Waals surface area (Å²) < 4.78 is 69.2. The van der Waals surface area contributed by atoms with Crippen LogP contribution >= 0.6 is 15.6 Å². The minimum absolute atomic E-state index is 0.109. The second-order valence-electron chi connectivity index (χ2n) is 34.4. The molecule has 0 heterocycles. The summed E-state index contributed by atoms with van der Waals surface area (Å²) in [5.74, 6) is -1.24. The van der Waals surface area contributed by atoms with Crippen LogP contribution in [0, 0.1) is 5.92 Å². The Labute approximate surface area is 702 Å². The van der Waals surface area contributed by atoms with Crippen LogP contribution in [0.2, 0.25) is 0 Å². The highest BCUT2D eigenvalue weighted by molar-refractivity contribution is 7.47. The normalized spacial score (nSPS) is 13.9. The first kappa shape index (κ1) is 112. The number of phosphoric ester groups is 2. The summed E-state index contributed by atoms with van der Waals surface area (Å²) in [6, 6.07) is 0. The van der Waals surface area contributed by atoms with Gasteiger partial charge in [-0.15, -0.1) is 0 Å². The predicted octanol–water partition coefficient (Wildman–Crippen LogP) is 29.9. The lowest BCUT2D eigenvalue weighted by Gasteiger charge is -2.21. The Morgan fingerprint density at radius 1 is 0.246 bits per heavy atom. The average molecular weight is 1660 g/mol. The first-order valence-electron chi connectivity index (χ1n) is 49.2. The Morgan fingerprint density at radius 2 is 0.421 bits per heavy atom. The second-order valence-corrected chi connectivity index (χ2v) is 37.3. The summed E-state index contributed by atoms with van der Waals surface area (Å²) >= 11 is 0. The number of esters is 4. The van der Waals surface area contributed by atoms with E-state index in [-0.39, 0.29) is 25.7 Å². The standard InChI is InChI=1S/C95H186O17P2/c1-6-10-13-16-19-22-25-28-30-32-34-36-38-40-42-44-49-54-59-64-69-74-79-93(98)106-85-91(112-94(99)80-75-70-65-60-55-50-45-43-41-39-37-35-33-31-29-26-23-20-17-14-11-7-2)87-110-114(103,104)108-83-89(96)82-107-113(101,102)109-86-90(84-105-92(97)78-73-68-63-58-53-27-24-21-18-15-12-8-3)111-95(100)81-76-71-66-61-56-51-47-46-48-52-57-62-67-72-77-88(5)9-4/h88-91,96H,6-87H2,1-5H3,(H,101,102)(H,103,104)/t88?,89-,90+,91+/m0/s1. The van der Waals surface area contributed by atoms with Gasteiger partial charge in [0.05, 0.1) is 26.4 Å². The van der Waals surface area contributed by atoms with E-state index in [0.29, 0.717) is 25.7 Å². The molecule has 0 radical (unpaired) electrons. The molecule has 0 fully saturated rings. The first-order valence-corrected chi connectivity index (χ1v) is 52.2. The van der Waals surface area contributed by atoms with Crippen molar-refractivity contribution < 1.29 is 80.2 Å².